The standard InChI is InChI=1S/C23H29NO4S/c1-8-15-9-11-17(12-10-15)29(27,28)24-21(26)16-13-18(22(2,3)4)20(25)19(14-16)23(5,6)7/h8-14,25H,1H2,2-7H3,(H,24,26). The zero-order chi connectivity index (χ0) is 22.2. The number of amides is 1. The molecule has 0 aliphatic carbocycles. The molecule has 2 aromatic carbocycles. The van der Waals surface area contributed by atoms with Gasteiger partial charge in [0, 0.05) is 16.7 Å². The fourth-order valence-corrected chi connectivity index (χ4v) is 3.91. The third kappa shape index (κ3) is 5.07. The number of rotatable bonds is 4. The molecule has 0 heterocycles. The number of sulfonamides is 1. The van der Waals surface area contributed by atoms with Crippen molar-refractivity contribution >= 4 is 22.0 Å². The number of carbonyl (C=O) groups excluding carboxylic acids is 1. The van der Waals surface area contributed by atoms with Crippen LogP contribution in [0.2, 0.25) is 0 Å². The highest BCUT2D eigenvalue weighted by molar-refractivity contribution is 7.90. The predicted molar refractivity (Wildman–Crippen MR) is 117 cm³/mol. The topological polar surface area (TPSA) is 83.5 Å². The highest BCUT2D eigenvalue weighted by atomic mass is 32.2. The summed E-state index contributed by atoms with van der Waals surface area (Å²) in [6, 6.07) is 9.17. The first-order valence-corrected chi connectivity index (χ1v) is 10.8. The van der Waals surface area contributed by atoms with Crippen molar-refractivity contribution < 1.29 is 18.3 Å². The van der Waals surface area contributed by atoms with E-state index in [-0.39, 0.29) is 16.2 Å². The number of phenolic OH excluding ortho intramolecular Hbond substituents is 1. The fourth-order valence-electron chi connectivity index (χ4n) is 2.93. The van der Waals surface area contributed by atoms with Crippen LogP contribution in [0.4, 0.5) is 0 Å². The number of carbonyl (C=O) groups is 1. The van der Waals surface area contributed by atoms with Crippen molar-refractivity contribution in [3.8, 4) is 5.75 Å². The zero-order valence-corrected chi connectivity index (χ0v) is 18.6. The third-order valence-electron chi connectivity index (χ3n) is 4.64. The molecule has 0 saturated heterocycles. The van der Waals surface area contributed by atoms with E-state index < -0.39 is 26.8 Å². The molecule has 1 amide bonds. The molecule has 5 nitrogen and oxygen atoms in total. The normalized spacial score (nSPS) is 12.5. The monoisotopic (exact) mass is 415 g/mol. The van der Waals surface area contributed by atoms with Gasteiger partial charge in [-0.15, -0.1) is 0 Å². The summed E-state index contributed by atoms with van der Waals surface area (Å²) in [6.45, 7) is 15.2. The minimum absolute atomic E-state index is 0.0117. The zero-order valence-electron chi connectivity index (χ0n) is 17.8. The first-order valence-electron chi connectivity index (χ1n) is 9.34. The van der Waals surface area contributed by atoms with Crippen LogP contribution in [0.5, 0.6) is 5.75 Å². The molecule has 6 heteroatoms. The average Bonchev–Trinajstić information content (AvgIpc) is 2.59. The van der Waals surface area contributed by atoms with E-state index >= 15 is 0 Å². The van der Waals surface area contributed by atoms with Gasteiger partial charge in [0.05, 0.1) is 4.90 Å². The van der Waals surface area contributed by atoms with Gasteiger partial charge in [-0.25, -0.2) is 13.1 Å². The molecule has 0 atom stereocenters. The van der Waals surface area contributed by atoms with Crippen molar-refractivity contribution in [1.82, 2.24) is 4.72 Å². The van der Waals surface area contributed by atoms with Gasteiger partial charge in [-0.1, -0.05) is 66.3 Å². The lowest BCUT2D eigenvalue weighted by Gasteiger charge is -2.28. The van der Waals surface area contributed by atoms with Crippen molar-refractivity contribution in [2.24, 2.45) is 0 Å². The Morgan fingerprint density at radius 1 is 0.966 bits per heavy atom. The van der Waals surface area contributed by atoms with E-state index in [9.17, 15) is 18.3 Å². The van der Waals surface area contributed by atoms with Crippen molar-refractivity contribution in [1.29, 1.82) is 0 Å². The summed E-state index contributed by atoms with van der Waals surface area (Å²) in [5.41, 5.74) is 1.27. The number of benzene rings is 2. The first kappa shape index (κ1) is 22.7. The van der Waals surface area contributed by atoms with Crippen LogP contribution in [0.15, 0.2) is 47.9 Å². The minimum atomic E-state index is -4.04. The lowest BCUT2D eigenvalue weighted by atomic mass is 9.78. The van der Waals surface area contributed by atoms with Crippen LogP contribution < -0.4 is 4.72 Å². The predicted octanol–water partition coefficient (Wildman–Crippen LogP) is 4.75. The summed E-state index contributed by atoms with van der Waals surface area (Å²) in [5, 5.41) is 10.8. The maximum Gasteiger partial charge on any atom is 0.265 e. The summed E-state index contributed by atoms with van der Waals surface area (Å²) in [4.78, 5) is 12.8. The van der Waals surface area contributed by atoms with Gasteiger partial charge in [-0.3, -0.25) is 4.79 Å². The molecule has 0 aliphatic rings. The summed E-state index contributed by atoms with van der Waals surface area (Å²) in [5.74, 6) is -0.613. The number of hydrogen-bond donors (Lipinski definition) is 2. The summed E-state index contributed by atoms with van der Waals surface area (Å²) in [7, 11) is -4.04. The van der Waals surface area contributed by atoms with Crippen LogP contribution >= 0.6 is 0 Å². The Hall–Kier alpha value is -2.60. The Morgan fingerprint density at radius 3 is 1.79 bits per heavy atom. The van der Waals surface area contributed by atoms with Crippen LogP contribution in [-0.4, -0.2) is 19.4 Å². The van der Waals surface area contributed by atoms with Crippen LogP contribution in [0.25, 0.3) is 6.08 Å². The molecule has 0 unspecified atom stereocenters. The van der Waals surface area contributed by atoms with Gasteiger partial charge in [0.15, 0.2) is 0 Å². The maximum atomic E-state index is 12.8. The Labute approximate surface area is 173 Å². The van der Waals surface area contributed by atoms with Crippen LogP contribution in [-0.2, 0) is 20.9 Å². The number of hydrogen-bond acceptors (Lipinski definition) is 4. The Bertz CT molecular complexity index is 1000. The molecule has 2 aromatic rings. The van der Waals surface area contributed by atoms with E-state index in [1.54, 1.807) is 30.3 Å². The number of aromatic hydroxyl groups is 1. The average molecular weight is 416 g/mol. The second kappa shape index (κ2) is 7.67. The maximum absolute atomic E-state index is 12.8. The van der Waals surface area contributed by atoms with E-state index in [0.717, 1.165) is 5.56 Å². The quantitative estimate of drug-likeness (QED) is 0.755. The molecule has 0 saturated carbocycles. The molecule has 0 aromatic heterocycles. The van der Waals surface area contributed by atoms with E-state index in [1.807, 2.05) is 41.5 Å². The molecule has 0 bridgehead atoms. The van der Waals surface area contributed by atoms with Crippen LogP contribution in [0, 0.1) is 0 Å². The Kier molecular flexibility index (Phi) is 6.00. The summed E-state index contributed by atoms with van der Waals surface area (Å²) < 4.78 is 27.4. The van der Waals surface area contributed by atoms with E-state index in [2.05, 4.69) is 11.3 Å². The lowest BCUT2D eigenvalue weighted by Crippen LogP contribution is -2.31. The van der Waals surface area contributed by atoms with Gasteiger partial charge in [0.2, 0.25) is 0 Å². The first-order chi connectivity index (χ1) is 13.2. The molecule has 0 fully saturated rings. The SMILES string of the molecule is C=Cc1ccc(S(=O)(=O)NC(=O)c2cc(C(C)(C)C)c(O)c(C(C)(C)C)c2)cc1. The summed E-state index contributed by atoms with van der Waals surface area (Å²) >= 11 is 0. The Balaban J connectivity index is 2.50. The molecule has 29 heavy (non-hydrogen) atoms. The molecule has 2 rings (SSSR count). The molecule has 0 radical (unpaired) electrons. The van der Waals surface area contributed by atoms with Gasteiger partial charge >= 0.3 is 0 Å². The van der Waals surface area contributed by atoms with Crippen molar-refractivity contribution in [3.63, 3.8) is 0 Å². The fraction of sp³-hybridized carbons (Fsp3) is 0.348. The number of nitrogens with one attached hydrogen (secondary N) is 1. The van der Waals surface area contributed by atoms with Crippen molar-refractivity contribution in [2.75, 3.05) is 0 Å². The molecule has 156 valence electrons. The van der Waals surface area contributed by atoms with E-state index in [4.69, 9.17) is 0 Å². The highest BCUT2D eigenvalue weighted by Gasteiger charge is 2.29. The van der Waals surface area contributed by atoms with Gasteiger partial charge in [0.25, 0.3) is 15.9 Å². The van der Waals surface area contributed by atoms with Crippen molar-refractivity contribution in [3.05, 3.63) is 65.2 Å². The van der Waals surface area contributed by atoms with Crippen molar-refractivity contribution in [2.45, 2.75) is 57.3 Å². The molecule has 2 N–H and O–H groups in total. The highest BCUT2D eigenvalue weighted by Crippen LogP contribution is 2.39. The molecule has 0 spiro atoms. The second-order valence-electron chi connectivity index (χ2n) is 9.13. The second-order valence-corrected chi connectivity index (χ2v) is 10.8. The molecule has 0 aliphatic heterocycles. The van der Waals surface area contributed by atoms with Crippen LogP contribution in [0.3, 0.4) is 0 Å². The van der Waals surface area contributed by atoms with Gasteiger partial charge in [-0.05, 0) is 40.7 Å². The largest absolute Gasteiger partial charge is 0.507 e. The lowest BCUT2D eigenvalue weighted by molar-refractivity contribution is 0.0981. The minimum Gasteiger partial charge on any atom is -0.507 e. The third-order valence-corrected chi connectivity index (χ3v) is 5.99. The smallest absolute Gasteiger partial charge is 0.265 e. The van der Waals surface area contributed by atoms with E-state index in [0.29, 0.717) is 11.1 Å². The van der Waals surface area contributed by atoms with Gasteiger partial charge in [-0.2, -0.15) is 0 Å². The van der Waals surface area contributed by atoms with Gasteiger partial charge in [0.1, 0.15) is 5.75 Å². The van der Waals surface area contributed by atoms with Crippen LogP contribution in [0.1, 0.15) is 68.6 Å². The van der Waals surface area contributed by atoms with E-state index in [1.165, 1.54) is 12.1 Å². The molecular formula is C23H29NO4S. The summed E-state index contributed by atoms with van der Waals surface area (Å²) in [6.07, 6.45) is 1.60. The Morgan fingerprint density at radius 2 is 1.41 bits per heavy atom. The molecular weight excluding hydrogens is 386 g/mol. The number of phenols is 1. The van der Waals surface area contributed by atoms with Gasteiger partial charge < -0.3 is 5.11 Å².